The normalized spacial score (nSPS) is 11.6. The van der Waals surface area contributed by atoms with E-state index < -0.39 is 19.9 Å². The van der Waals surface area contributed by atoms with Crippen LogP contribution < -0.4 is 0 Å². The van der Waals surface area contributed by atoms with Crippen LogP contribution in [0.3, 0.4) is 0 Å². The molecule has 0 unspecified atom stereocenters. The predicted octanol–water partition coefficient (Wildman–Crippen LogP) is 6.16. The van der Waals surface area contributed by atoms with Crippen LogP contribution in [0.5, 0.6) is 0 Å². The van der Waals surface area contributed by atoms with Crippen molar-refractivity contribution in [1.29, 1.82) is 0 Å². The van der Waals surface area contributed by atoms with Gasteiger partial charge in [-0.2, -0.15) is 0 Å². The zero-order chi connectivity index (χ0) is 23.5. The summed E-state index contributed by atoms with van der Waals surface area (Å²) in [7, 11) is 0.0253. The van der Waals surface area contributed by atoms with Crippen molar-refractivity contribution in [2.24, 2.45) is 0 Å². The number of nitrogens with zero attached hydrogens (tertiary/aromatic N) is 3. The second-order valence-electron chi connectivity index (χ2n) is 8.40. The highest BCUT2D eigenvalue weighted by Crippen LogP contribution is 2.37. The van der Waals surface area contributed by atoms with Gasteiger partial charge in [-0.05, 0) is 30.3 Å². The van der Waals surface area contributed by atoms with E-state index in [1.54, 1.807) is 16.7 Å². The highest BCUT2D eigenvalue weighted by molar-refractivity contribution is 6.76. The Kier molecular flexibility index (Phi) is 7.71. The van der Waals surface area contributed by atoms with Crippen LogP contribution in [0.4, 0.5) is 4.39 Å². The molecule has 2 heterocycles. The van der Waals surface area contributed by atoms with Crippen molar-refractivity contribution in [2.75, 3.05) is 13.7 Å². The van der Waals surface area contributed by atoms with Gasteiger partial charge < -0.3 is 9.47 Å². The first-order valence-corrected chi connectivity index (χ1v) is 14.4. The monoisotopic (exact) mass is 495 g/mol. The molecular formula is C22H24Cl2FN3O3Si. The second-order valence-corrected chi connectivity index (χ2v) is 14.8. The lowest BCUT2D eigenvalue weighted by atomic mass is 10.1. The van der Waals surface area contributed by atoms with Crippen LogP contribution in [0.2, 0.25) is 35.9 Å². The van der Waals surface area contributed by atoms with Crippen LogP contribution in [0.15, 0.2) is 36.5 Å². The van der Waals surface area contributed by atoms with Gasteiger partial charge in [0.05, 0.1) is 29.6 Å². The summed E-state index contributed by atoms with van der Waals surface area (Å²) in [4.78, 5) is 20.4. The minimum Gasteiger partial charge on any atom is -0.465 e. The molecule has 0 amide bonds. The fourth-order valence-corrected chi connectivity index (χ4v) is 4.31. The third-order valence-electron chi connectivity index (χ3n) is 4.74. The molecule has 0 fully saturated rings. The van der Waals surface area contributed by atoms with Crippen molar-refractivity contribution in [1.82, 2.24) is 14.5 Å². The van der Waals surface area contributed by atoms with E-state index >= 15 is 0 Å². The van der Waals surface area contributed by atoms with Crippen molar-refractivity contribution in [3.63, 3.8) is 0 Å². The fourth-order valence-electron chi connectivity index (χ4n) is 3.00. The molecule has 0 aliphatic rings. The predicted molar refractivity (Wildman–Crippen MR) is 126 cm³/mol. The summed E-state index contributed by atoms with van der Waals surface area (Å²) in [6, 6.07) is 8.61. The van der Waals surface area contributed by atoms with Gasteiger partial charge in [-0.25, -0.2) is 19.2 Å². The maximum Gasteiger partial charge on any atom is 0.337 e. The average Bonchev–Trinajstić information content (AvgIpc) is 3.06. The Morgan fingerprint density at radius 3 is 2.53 bits per heavy atom. The van der Waals surface area contributed by atoms with Crippen molar-refractivity contribution < 1.29 is 18.7 Å². The molecule has 170 valence electrons. The van der Waals surface area contributed by atoms with E-state index in [2.05, 4.69) is 29.6 Å². The van der Waals surface area contributed by atoms with Crippen LogP contribution in [0.1, 0.15) is 10.4 Å². The number of aromatic nitrogens is 3. The van der Waals surface area contributed by atoms with Gasteiger partial charge in [0.15, 0.2) is 11.0 Å². The van der Waals surface area contributed by atoms with Crippen molar-refractivity contribution in [2.45, 2.75) is 32.4 Å². The number of pyridine rings is 1. The molecule has 2 aromatic heterocycles. The van der Waals surface area contributed by atoms with Gasteiger partial charge in [0, 0.05) is 20.2 Å². The fraction of sp³-hybridized carbons (Fsp3) is 0.318. The van der Waals surface area contributed by atoms with Crippen LogP contribution in [0, 0.1) is 5.82 Å². The number of ether oxygens (including phenoxy) is 2. The van der Waals surface area contributed by atoms with Crippen LogP contribution in [-0.4, -0.2) is 42.3 Å². The van der Waals surface area contributed by atoms with E-state index in [1.807, 2.05) is 0 Å². The summed E-state index contributed by atoms with van der Waals surface area (Å²) in [6.45, 7) is 7.55. The van der Waals surface area contributed by atoms with E-state index in [-0.39, 0.29) is 11.9 Å². The molecule has 0 spiro atoms. The molecule has 0 N–H and O–H groups in total. The first-order chi connectivity index (χ1) is 15.1. The van der Waals surface area contributed by atoms with Crippen molar-refractivity contribution >= 4 is 37.2 Å². The minimum atomic E-state index is -1.28. The van der Waals surface area contributed by atoms with E-state index in [1.165, 1.54) is 25.3 Å². The number of methoxy groups -OCH3 is 1. The lowest BCUT2D eigenvalue weighted by molar-refractivity contribution is 0.0600. The SMILES string of the molecule is COC(=O)c1ccc(-c2c(Cl)nc(-c3ccc(F)cn3)n2COCC[Si](C)(C)C)c(Cl)c1. The lowest BCUT2D eigenvalue weighted by Gasteiger charge is -2.17. The number of esters is 1. The highest BCUT2D eigenvalue weighted by Gasteiger charge is 2.23. The van der Waals surface area contributed by atoms with Crippen LogP contribution in [0.25, 0.3) is 22.8 Å². The number of carbonyl (C=O) groups is 1. The maximum absolute atomic E-state index is 13.4. The largest absolute Gasteiger partial charge is 0.465 e. The Labute approximate surface area is 197 Å². The molecule has 10 heteroatoms. The molecule has 0 saturated heterocycles. The first kappa shape index (κ1) is 24.4. The van der Waals surface area contributed by atoms with E-state index in [9.17, 15) is 9.18 Å². The molecule has 0 radical (unpaired) electrons. The van der Waals surface area contributed by atoms with Crippen molar-refractivity contribution in [3.8, 4) is 22.8 Å². The molecule has 0 saturated carbocycles. The van der Waals surface area contributed by atoms with Gasteiger partial charge in [0.25, 0.3) is 0 Å². The van der Waals surface area contributed by atoms with Gasteiger partial charge in [-0.15, -0.1) is 0 Å². The van der Waals surface area contributed by atoms with Crippen LogP contribution in [-0.2, 0) is 16.2 Å². The second kappa shape index (κ2) is 10.1. The molecule has 0 bridgehead atoms. The lowest BCUT2D eigenvalue weighted by Crippen LogP contribution is -2.22. The van der Waals surface area contributed by atoms with Gasteiger partial charge in [0.1, 0.15) is 18.2 Å². The molecular weight excluding hydrogens is 472 g/mol. The third kappa shape index (κ3) is 5.75. The van der Waals surface area contributed by atoms with E-state index in [0.717, 1.165) is 12.2 Å². The van der Waals surface area contributed by atoms with Gasteiger partial charge >= 0.3 is 5.97 Å². The molecule has 0 atom stereocenters. The molecule has 3 aromatic rings. The molecule has 0 aliphatic heterocycles. The number of rotatable bonds is 8. The highest BCUT2D eigenvalue weighted by atomic mass is 35.5. The van der Waals surface area contributed by atoms with Crippen LogP contribution >= 0.6 is 23.2 Å². The number of hydrogen-bond donors (Lipinski definition) is 0. The smallest absolute Gasteiger partial charge is 0.337 e. The Morgan fingerprint density at radius 2 is 1.94 bits per heavy atom. The summed E-state index contributed by atoms with van der Waals surface area (Å²) in [5, 5.41) is 0.490. The summed E-state index contributed by atoms with van der Waals surface area (Å²) in [5.41, 5.74) is 1.84. The quantitative estimate of drug-likeness (QED) is 0.212. The zero-order valence-electron chi connectivity index (χ0n) is 18.3. The van der Waals surface area contributed by atoms with Crippen molar-refractivity contribution in [3.05, 3.63) is 58.1 Å². The zero-order valence-corrected chi connectivity index (χ0v) is 20.8. The van der Waals surface area contributed by atoms with E-state index in [0.29, 0.717) is 40.0 Å². The topological polar surface area (TPSA) is 66.2 Å². The van der Waals surface area contributed by atoms with Gasteiger partial charge in [-0.3, -0.25) is 4.57 Å². The Hall–Kier alpha value is -2.26. The number of imidazole rings is 1. The molecule has 3 rings (SSSR count). The number of hydrogen-bond acceptors (Lipinski definition) is 5. The van der Waals surface area contributed by atoms with Gasteiger partial charge in [0.2, 0.25) is 0 Å². The molecule has 32 heavy (non-hydrogen) atoms. The first-order valence-electron chi connectivity index (χ1n) is 9.94. The minimum absolute atomic E-state index is 0.156. The Morgan fingerprint density at radius 1 is 1.19 bits per heavy atom. The number of halogens is 3. The Balaban J connectivity index is 2.05. The molecule has 6 nitrogen and oxygen atoms in total. The summed E-state index contributed by atoms with van der Waals surface area (Å²) < 4.78 is 25.9. The number of carbonyl (C=O) groups excluding carboxylic acids is 1. The molecule has 1 aromatic carbocycles. The average molecular weight is 496 g/mol. The van der Waals surface area contributed by atoms with Gasteiger partial charge in [-0.1, -0.05) is 48.9 Å². The third-order valence-corrected chi connectivity index (χ3v) is 7.02. The summed E-state index contributed by atoms with van der Waals surface area (Å²) in [5.74, 6) is -0.527. The standard InChI is InChI=1S/C22H24Cl2FN3O3Si/c1-30-22(29)14-5-7-16(17(23)11-14)19-20(24)27-21(18-8-6-15(25)12-26-18)28(19)13-31-9-10-32(2,3)4/h5-8,11-12H,9-10,13H2,1-4H3. The Bertz CT molecular complexity index is 1110. The summed E-state index contributed by atoms with van der Waals surface area (Å²) >= 11 is 13.0. The number of benzene rings is 1. The summed E-state index contributed by atoms with van der Waals surface area (Å²) in [6.07, 6.45) is 1.12. The van der Waals surface area contributed by atoms with E-state index in [4.69, 9.17) is 32.7 Å². The molecule has 0 aliphatic carbocycles. The maximum atomic E-state index is 13.4.